The van der Waals surface area contributed by atoms with Crippen LogP contribution < -0.4 is 5.32 Å². The lowest BCUT2D eigenvalue weighted by molar-refractivity contribution is -0.129. The Labute approximate surface area is 104 Å². The minimum absolute atomic E-state index is 0.00267. The minimum atomic E-state index is -0.224. The van der Waals surface area contributed by atoms with E-state index >= 15 is 0 Å². The van der Waals surface area contributed by atoms with Crippen molar-refractivity contribution in [1.29, 1.82) is 0 Å². The maximum Gasteiger partial charge on any atom is 0.246 e. The van der Waals surface area contributed by atoms with Crippen LogP contribution in [0.5, 0.6) is 0 Å². The Kier molecular flexibility index (Phi) is 16.3. The maximum atomic E-state index is 11.1. The van der Waals surface area contributed by atoms with E-state index in [4.69, 9.17) is 9.47 Å². The fourth-order valence-electron chi connectivity index (χ4n) is 0.818. The van der Waals surface area contributed by atoms with Crippen LogP contribution in [0, 0.1) is 0 Å². The van der Waals surface area contributed by atoms with Crippen molar-refractivity contribution in [2.75, 3.05) is 33.0 Å². The lowest BCUT2D eigenvalue weighted by atomic mass is 10.3. The summed E-state index contributed by atoms with van der Waals surface area (Å²) in [6.07, 6.45) is 0.436. The average molecular weight is 247 g/mol. The van der Waals surface area contributed by atoms with Crippen LogP contribution in [0.3, 0.4) is 0 Å². The van der Waals surface area contributed by atoms with Gasteiger partial charge in [0.25, 0.3) is 0 Å². The van der Waals surface area contributed by atoms with Crippen molar-refractivity contribution < 1.29 is 19.1 Å². The lowest BCUT2D eigenvalue weighted by Gasteiger charge is -2.05. The van der Waals surface area contributed by atoms with Gasteiger partial charge < -0.3 is 14.8 Å². The molecule has 0 heterocycles. The van der Waals surface area contributed by atoms with Crippen molar-refractivity contribution in [3.8, 4) is 0 Å². The summed E-state index contributed by atoms with van der Waals surface area (Å²) in [7, 11) is 0. The van der Waals surface area contributed by atoms with Gasteiger partial charge in [0, 0.05) is 19.6 Å². The third-order valence-electron chi connectivity index (χ3n) is 1.66. The lowest BCUT2D eigenvalue weighted by Crippen LogP contribution is -2.31. The van der Waals surface area contributed by atoms with E-state index < -0.39 is 0 Å². The first-order valence-electron chi connectivity index (χ1n) is 6.14. The highest BCUT2D eigenvalue weighted by molar-refractivity contribution is 5.80. The smallest absolute Gasteiger partial charge is 0.246 e. The zero-order valence-electron chi connectivity index (χ0n) is 11.4. The van der Waals surface area contributed by atoms with Crippen LogP contribution in [-0.4, -0.2) is 44.7 Å². The highest BCUT2D eigenvalue weighted by atomic mass is 16.5. The summed E-state index contributed by atoms with van der Waals surface area (Å²) < 4.78 is 9.94. The minimum Gasteiger partial charge on any atom is -0.380 e. The number of hydrogen-bond acceptors (Lipinski definition) is 4. The van der Waals surface area contributed by atoms with Gasteiger partial charge in [0.05, 0.1) is 6.61 Å². The van der Waals surface area contributed by atoms with Crippen LogP contribution >= 0.6 is 0 Å². The highest BCUT2D eigenvalue weighted by Gasteiger charge is 2.02. The predicted molar refractivity (Wildman–Crippen MR) is 67.0 cm³/mol. The summed E-state index contributed by atoms with van der Waals surface area (Å²) in [5.41, 5.74) is 0. The molecule has 0 rings (SSSR count). The summed E-state index contributed by atoms with van der Waals surface area (Å²) in [4.78, 5) is 21.9. The molecule has 0 bridgehead atoms. The molecule has 0 unspecified atom stereocenters. The second-order valence-corrected chi connectivity index (χ2v) is 2.93. The molecule has 0 aliphatic heterocycles. The molecule has 0 radical (unpaired) electrons. The molecule has 0 saturated heterocycles. The number of rotatable bonds is 9. The van der Waals surface area contributed by atoms with E-state index in [-0.39, 0.29) is 24.9 Å². The zero-order chi connectivity index (χ0) is 13.5. The van der Waals surface area contributed by atoms with Crippen LogP contribution in [0.2, 0.25) is 0 Å². The molecule has 5 heteroatoms. The summed E-state index contributed by atoms with van der Waals surface area (Å²) in [5.74, 6) is -0.226. The van der Waals surface area contributed by atoms with Gasteiger partial charge >= 0.3 is 0 Å². The van der Waals surface area contributed by atoms with Gasteiger partial charge in [-0.1, -0.05) is 20.8 Å². The van der Waals surface area contributed by atoms with Crippen molar-refractivity contribution in [2.45, 2.75) is 34.1 Å². The van der Waals surface area contributed by atoms with Crippen molar-refractivity contribution in [3.63, 3.8) is 0 Å². The molecular formula is C12H25NO4. The number of nitrogens with one attached hydrogen (secondary N) is 1. The van der Waals surface area contributed by atoms with Crippen molar-refractivity contribution in [1.82, 2.24) is 5.32 Å². The number of ketones is 1. The summed E-state index contributed by atoms with van der Waals surface area (Å²) in [6.45, 7) is 9.19. The normalized spacial score (nSPS) is 9.18. The molecular weight excluding hydrogens is 222 g/mol. The first kappa shape index (κ1) is 18.4. The van der Waals surface area contributed by atoms with Crippen LogP contribution in [0.15, 0.2) is 0 Å². The van der Waals surface area contributed by atoms with Crippen molar-refractivity contribution in [3.05, 3.63) is 0 Å². The Bertz CT molecular complexity index is 195. The first-order chi connectivity index (χ1) is 8.20. The Morgan fingerprint density at radius 2 is 1.71 bits per heavy atom. The molecule has 1 amide bonds. The van der Waals surface area contributed by atoms with E-state index in [1.54, 1.807) is 6.92 Å². The fourth-order valence-corrected chi connectivity index (χ4v) is 0.818. The Morgan fingerprint density at radius 3 is 2.24 bits per heavy atom. The Balaban J connectivity index is 0. The molecule has 0 aromatic heterocycles. The van der Waals surface area contributed by atoms with Crippen LogP contribution in [0.4, 0.5) is 0 Å². The predicted octanol–water partition coefficient (Wildman–Crippen LogP) is 1.16. The molecule has 17 heavy (non-hydrogen) atoms. The van der Waals surface area contributed by atoms with E-state index in [0.29, 0.717) is 26.2 Å². The maximum absolute atomic E-state index is 11.1. The van der Waals surface area contributed by atoms with E-state index in [0.717, 1.165) is 0 Å². The first-order valence-corrected chi connectivity index (χ1v) is 6.14. The number of ether oxygens (including phenoxy) is 2. The zero-order valence-corrected chi connectivity index (χ0v) is 11.4. The molecule has 1 N–H and O–H groups in total. The number of carbonyl (C=O) groups excluding carboxylic acids is 2. The molecule has 0 spiro atoms. The van der Waals surface area contributed by atoms with Gasteiger partial charge in [0.1, 0.15) is 13.2 Å². The average Bonchev–Trinajstić information content (AvgIpc) is 2.37. The molecule has 0 aromatic rings. The van der Waals surface area contributed by atoms with E-state index in [9.17, 15) is 9.59 Å². The highest BCUT2D eigenvalue weighted by Crippen LogP contribution is 1.83. The third-order valence-corrected chi connectivity index (χ3v) is 1.66. The van der Waals surface area contributed by atoms with Gasteiger partial charge in [-0.3, -0.25) is 9.59 Å². The van der Waals surface area contributed by atoms with Crippen LogP contribution in [-0.2, 0) is 19.1 Å². The topological polar surface area (TPSA) is 64.6 Å². The Morgan fingerprint density at radius 1 is 1.06 bits per heavy atom. The second kappa shape index (κ2) is 15.1. The largest absolute Gasteiger partial charge is 0.380 e. The van der Waals surface area contributed by atoms with Gasteiger partial charge in [-0.15, -0.1) is 0 Å². The molecule has 0 aromatic carbocycles. The van der Waals surface area contributed by atoms with Gasteiger partial charge in [0.2, 0.25) is 5.91 Å². The van der Waals surface area contributed by atoms with Crippen LogP contribution in [0.25, 0.3) is 0 Å². The van der Waals surface area contributed by atoms with Crippen molar-refractivity contribution in [2.24, 2.45) is 0 Å². The van der Waals surface area contributed by atoms with E-state index in [1.165, 1.54) is 0 Å². The molecule has 0 atom stereocenters. The Hall–Kier alpha value is -0.940. The number of hydrogen-bond donors (Lipinski definition) is 1. The summed E-state index contributed by atoms with van der Waals surface area (Å²) in [5, 5.41) is 2.61. The van der Waals surface area contributed by atoms with Gasteiger partial charge in [-0.05, 0) is 6.92 Å². The second-order valence-electron chi connectivity index (χ2n) is 2.93. The quantitative estimate of drug-likeness (QED) is 0.621. The SMILES string of the molecule is CC.CCOCCNC(=O)COCC(=O)CC. The molecule has 102 valence electrons. The van der Waals surface area contributed by atoms with E-state index in [1.807, 2.05) is 20.8 Å². The van der Waals surface area contributed by atoms with Gasteiger partial charge in [-0.2, -0.15) is 0 Å². The van der Waals surface area contributed by atoms with Crippen LogP contribution in [0.1, 0.15) is 34.1 Å². The van der Waals surface area contributed by atoms with Crippen molar-refractivity contribution >= 4 is 11.7 Å². The molecule has 0 aliphatic rings. The molecule has 0 aliphatic carbocycles. The third kappa shape index (κ3) is 15.1. The molecule has 0 fully saturated rings. The number of amides is 1. The molecule has 5 nitrogen and oxygen atoms in total. The molecule has 0 saturated carbocycles. The fraction of sp³-hybridized carbons (Fsp3) is 0.833. The standard InChI is InChI=1S/C10H19NO4.C2H6/c1-3-9(12)7-15-8-10(13)11-5-6-14-4-2;1-2/h3-8H2,1-2H3,(H,11,13);1-2H3. The van der Waals surface area contributed by atoms with E-state index in [2.05, 4.69) is 5.32 Å². The summed E-state index contributed by atoms with van der Waals surface area (Å²) >= 11 is 0. The number of Topliss-reactive ketones (excluding diaryl/α,β-unsaturated/α-hetero) is 1. The number of carbonyl (C=O) groups is 2. The van der Waals surface area contributed by atoms with Gasteiger partial charge in [0.15, 0.2) is 5.78 Å². The monoisotopic (exact) mass is 247 g/mol. The summed E-state index contributed by atoms with van der Waals surface area (Å²) in [6, 6.07) is 0. The van der Waals surface area contributed by atoms with Gasteiger partial charge in [-0.25, -0.2) is 0 Å².